The van der Waals surface area contributed by atoms with Crippen molar-refractivity contribution in [1.82, 2.24) is 10.2 Å². The minimum Gasteiger partial charge on any atom is -0.391 e. The lowest BCUT2D eigenvalue weighted by atomic mass is 10.0. The number of nitrogens with zero attached hydrogens (tertiary/aromatic N) is 1. The largest absolute Gasteiger partial charge is 0.391 e. The first kappa shape index (κ1) is 17.5. The minimum atomic E-state index is -0.442. The fourth-order valence-corrected chi connectivity index (χ4v) is 2.64. The van der Waals surface area contributed by atoms with E-state index >= 15 is 0 Å². The first-order valence-electron chi connectivity index (χ1n) is 8.12. The summed E-state index contributed by atoms with van der Waals surface area (Å²) in [6.07, 6.45) is 1.83. The van der Waals surface area contributed by atoms with E-state index in [1.54, 1.807) is 11.9 Å². The van der Waals surface area contributed by atoms with E-state index in [0.29, 0.717) is 12.5 Å². The van der Waals surface area contributed by atoms with Crippen molar-refractivity contribution >= 4 is 11.8 Å². The number of hydrogen-bond acceptors (Lipinski definition) is 3. The standard InChI is InChI=1S/C18H26N2O3/c1-12-4-6-14(7-5-12)16(19-13(2)21)10-18(23)20(3)11-17(22)15-8-9-15/h4-7,15-17,22H,8-11H2,1-3H3,(H,19,21). The molecule has 2 rings (SSSR count). The van der Waals surface area contributed by atoms with Gasteiger partial charge in [-0.05, 0) is 31.2 Å². The lowest BCUT2D eigenvalue weighted by Crippen LogP contribution is -2.38. The van der Waals surface area contributed by atoms with Crippen LogP contribution in [-0.4, -0.2) is 41.5 Å². The number of aliphatic hydroxyl groups is 1. The average molecular weight is 318 g/mol. The molecule has 1 aromatic rings. The van der Waals surface area contributed by atoms with Crippen LogP contribution in [0.15, 0.2) is 24.3 Å². The zero-order valence-corrected chi connectivity index (χ0v) is 14.1. The first-order chi connectivity index (χ1) is 10.9. The molecular formula is C18H26N2O3. The van der Waals surface area contributed by atoms with Gasteiger partial charge in [0.15, 0.2) is 0 Å². The molecule has 0 spiro atoms. The second-order valence-electron chi connectivity index (χ2n) is 6.55. The van der Waals surface area contributed by atoms with Gasteiger partial charge in [0.25, 0.3) is 0 Å². The number of aliphatic hydroxyl groups excluding tert-OH is 1. The summed E-state index contributed by atoms with van der Waals surface area (Å²) in [6, 6.07) is 7.45. The molecule has 23 heavy (non-hydrogen) atoms. The van der Waals surface area contributed by atoms with Crippen molar-refractivity contribution in [2.75, 3.05) is 13.6 Å². The van der Waals surface area contributed by atoms with Crippen LogP contribution in [0.25, 0.3) is 0 Å². The van der Waals surface area contributed by atoms with Crippen molar-refractivity contribution in [3.8, 4) is 0 Å². The number of carbonyl (C=O) groups is 2. The molecule has 0 saturated heterocycles. The van der Waals surface area contributed by atoms with Gasteiger partial charge in [0, 0.05) is 20.5 Å². The van der Waals surface area contributed by atoms with Crippen molar-refractivity contribution in [1.29, 1.82) is 0 Å². The number of hydrogen-bond donors (Lipinski definition) is 2. The Morgan fingerprint density at radius 3 is 2.43 bits per heavy atom. The number of rotatable bonds is 7. The molecule has 0 bridgehead atoms. The van der Waals surface area contributed by atoms with E-state index in [1.807, 2.05) is 31.2 Å². The quantitative estimate of drug-likeness (QED) is 0.805. The number of likely N-dealkylation sites (N-methyl/N-ethyl adjacent to an activating group) is 1. The highest BCUT2D eigenvalue weighted by molar-refractivity contribution is 5.79. The SMILES string of the molecule is CC(=O)NC(CC(=O)N(C)CC(O)C1CC1)c1ccc(C)cc1. The summed E-state index contributed by atoms with van der Waals surface area (Å²) < 4.78 is 0. The number of benzene rings is 1. The molecule has 5 heteroatoms. The number of aryl methyl sites for hydroxylation is 1. The van der Waals surface area contributed by atoms with Gasteiger partial charge >= 0.3 is 0 Å². The second-order valence-corrected chi connectivity index (χ2v) is 6.55. The van der Waals surface area contributed by atoms with E-state index in [-0.39, 0.29) is 24.3 Å². The van der Waals surface area contributed by atoms with Crippen LogP contribution in [0.3, 0.4) is 0 Å². The second kappa shape index (κ2) is 7.59. The molecule has 5 nitrogen and oxygen atoms in total. The smallest absolute Gasteiger partial charge is 0.224 e. The molecule has 2 amide bonds. The molecule has 1 aliphatic carbocycles. The summed E-state index contributed by atoms with van der Waals surface area (Å²) in [6.45, 7) is 3.80. The highest BCUT2D eigenvalue weighted by Gasteiger charge is 2.31. The van der Waals surface area contributed by atoms with Gasteiger partial charge in [-0.1, -0.05) is 29.8 Å². The van der Waals surface area contributed by atoms with Crippen LogP contribution in [0.5, 0.6) is 0 Å². The zero-order chi connectivity index (χ0) is 17.0. The fraction of sp³-hybridized carbons (Fsp3) is 0.556. The van der Waals surface area contributed by atoms with Crippen LogP contribution < -0.4 is 5.32 Å². The van der Waals surface area contributed by atoms with Crippen molar-refractivity contribution < 1.29 is 14.7 Å². The van der Waals surface area contributed by atoms with E-state index in [0.717, 1.165) is 24.0 Å². The third kappa shape index (κ3) is 5.36. The molecule has 126 valence electrons. The van der Waals surface area contributed by atoms with Crippen LogP contribution in [-0.2, 0) is 9.59 Å². The zero-order valence-electron chi connectivity index (χ0n) is 14.1. The molecule has 0 heterocycles. The Labute approximate surface area is 137 Å². The maximum Gasteiger partial charge on any atom is 0.224 e. The predicted octanol–water partition coefficient (Wildman–Crippen LogP) is 1.79. The highest BCUT2D eigenvalue weighted by Crippen LogP contribution is 2.32. The van der Waals surface area contributed by atoms with E-state index in [2.05, 4.69) is 5.32 Å². The lowest BCUT2D eigenvalue weighted by Gasteiger charge is -2.24. The van der Waals surface area contributed by atoms with Crippen molar-refractivity contribution in [3.05, 3.63) is 35.4 Å². The van der Waals surface area contributed by atoms with Crippen molar-refractivity contribution in [3.63, 3.8) is 0 Å². The normalized spacial score (nSPS) is 16.5. The molecule has 1 aliphatic rings. The topological polar surface area (TPSA) is 69.6 Å². The minimum absolute atomic E-state index is 0.0796. The molecule has 1 fully saturated rings. The Morgan fingerprint density at radius 2 is 1.91 bits per heavy atom. The number of nitrogens with one attached hydrogen (secondary N) is 1. The van der Waals surface area contributed by atoms with Crippen molar-refractivity contribution in [2.45, 2.75) is 45.3 Å². The van der Waals surface area contributed by atoms with E-state index in [9.17, 15) is 14.7 Å². The van der Waals surface area contributed by atoms with Crippen LogP contribution in [0, 0.1) is 12.8 Å². The molecule has 2 atom stereocenters. The van der Waals surface area contributed by atoms with Crippen LogP contribution in [0.1, 0.15) is 43.4 Å². The van der Waals surface area contributed by atoms with Crippen molar-refractivity contribution in [2.24, 2.45) is 5.92 Å². The molecule has 0 radical (unpaired) electrons. The predicted molar refractivity (Wildman–Crippen MR) is 88.7 cm³/mol. The lowest BCUT2D eigenvalue weighted by molar-refractivity contribution is -0.132. The Balaban J connectivity index is 1.99. The fourth-order valence-electron chi connectivity index (χ4n) is 2.64. The monoisotopic (exact) mass is 318 g/mol. The molecular weight excluding hydrogens is 292 g/mol. The molecule has 1 aromatic carbocycles. The first-order valence-corrected chi connectivity index (χ1v) is 8.12. The summed E-state index contributed by atoms with van der Waals surface area (Å²) in [5, 5.41) is 12.8. The summed E-state index contributed by atoms with van der Waals surface area (Å²) in [5.74, 6) is 0.0987. The van der Waals surface area contributed by atoms with E-state index in [1.165, 1.54) is 6.92 Å². The Bertz CT molecular complexity index is 552. The maximum absolute atomic E-state index is 12.4. The van der Waals surface area contributed by atoms with Gasteiger partial charge in [-0.15, -0.1) is 0 Å². The summed E-state index contributed by atoms with van der Waals surface area (Å²) in [4.78, 5) is 25.4. The van der Waals surface area contributed by atoms with Crippen LogP contribution >= 0.6 is 0 Å². The average Bonchev–Trinajstić information content (AvgIpc) is 3.31. The van der Waals surface area contributed by atoms with Gasteiger partial charge in [-0.3, -0.25) is 9.59 Å². The molecule has 2 unspecified atom stereocenters. The van der Waals surface area contributed by atoms with Gasteiger partial charge in [-0.2, -0.15) is 0 Å². The Hall–Kier alpha value is -1.88. The summed E-state index contributed by atoms with van der Waals surface area (Å²) >= 11 is 0. The molecule has 0 aliphatic heterocycles. The molecule has 0 aromatic heterocycles. The third-order valence-electron chi connectivity index (χ3n) is 4.29. The van der Waals surface area contributed by atoms with Crippen LogP contribution in [0.2, 0.25) is 0 Å². The third-order valence-corrected chi connectivity index (χ3v) is 4.29. The van der Waals surface area contributed by atoms with Gasteiger partial charge in [-0.25, -0.2) is 0 Å². The van der Waals surface area contributed by atoms with Gasteiger partial charge in [0.1, 0.15) is 0 Å². The Morgan fingerprint density at radius 1 is 1.30 bits per heavy atom. The highest BCUT2D eigenvalue weighted by atomic mass is 16.3. The van der Waals surface area contributed by atoms with Gasteiger partial charge in [0.2, 0.25) is 11.8 Å². The van der Waals surface area contributed by atoms with E-state index < -0.39 is 6.10 Å². The Kier molecular flexibility index (Phi) is 5.77. The van der Waals surface area contributed by atoms with Gasteiger partial charge in [0.05, 0.1) is 18.6 Å². The van der Waals surface area contributed by atoms with Gasteiger partial charge < -0.3 is 15.3 Å². The number of carbonyl (C=O) groups excluding carboxylic acids is 2. The summed E-state index contributed by atoms with van der Waals surface area (Å²) in [7, 11) is 1.70. The molecule has 1 saturated carbocycles. The van der Waals surface area contributed by atoms with Crippen LogP contribution in [0.4, 0.5) is 0 Å². The molecule has 2 N–H and O–H groups in total. The maximum atomic E-state index is 12.4. The number of amides is 2. The van der Waals surface area contributed by atoms with E-state index in [4.69, 9.17) is 0 Å². The summed E-state index contributed by atoms with van der Waals surface area (Å²) in [5.41, 5.74) is 2.04.